The first-order valence-corrected chi connectivity index (χ1v) is 6.93. The van der Waals surface area contributed by atoms with E-state index >= 15 is 0 Å². The van der Waals surface area contributed by atoms with Crippen molar-refractivity contribution in [1.29, 1.82) is 0 Å². The zero-order valence-corrected chi connectivity index (χ0v) is 11.4. The number of furan rings is 1. The summed E-state index contributed by atoms with van der Waals surface area (Å²) < 4.78 is 5.65. The molecular formula is C15H13BrO2. The second kappa shape index (κ2) is 4.73. The summed E-state index contributed by atoms with van der Waals surface area (Å²) in [5.74, 6) is 0.592. The van der Waals surface area contributed by atoms with Crippen molar-refractivity contribution in [3.05, 3.63) is 58.0 Å². The molecule has 1 heterocycles. The van der Waals surface area contributed by atoms with Crippen LogP contribution in [0.2, 0.25) is 0 Å². The molecule has 92 valence electrons. The molecule has 2 aromatic rings. The fourth-order valence-corrected chi connectivity index (χ4v) is 2.80. The summed E-state index contributed by atoms with van der Waals surface area (Å²) in [5, 5.41) is 0. The van der Waals surface area contributed by atoms with E-state index < -0.39 is 0 Å². The fourth-order valence-electron chi connectivity index (χ4n) is 2.38. The summed E-state index contributed by atoms with van der Waals surface area (Å²) in [7, 11) is 0. The minimum absolute atomic E-state index is 0.0399. The van der Waals surface area contributed by atoms with Crippen LogP contribution in [-0.4, -0.2) is 5.78 Å². The molecule has 1 aromatic carbocycles. The van der Waals surface area contributed by atoms with Gasteiger partial charge in [-0.2, -0.15) is 0 Å². The third-order valence-corrected chi connectivity index (χ3v) is 4.23. The van der Waals surface area contributed by atoms with Gasteiger partial charge in [0.2, 0.25) is 0 Å². The van der Waals surface area contributed by atoms with Crippen molar-refractivity contribution in [2.75, 3.05) is 0 Å². The quantitative estimate of drug-likeness (QED) is 0.779. The smallest absolute Gasteiger partial charge is 0.197 e. The highest BCUT2D eigenvalue weighted by atomic mass is 79.9. The summed E-state index contributed by atoms with van der Waals surface area (Å²) in [6.45, 7) is 0. The van der Waals surface area contributed by atoms with Crippen molar-refractivity contribution in [1.82, 2.24) is 0 Å². The number of ketones is 1. The highest BCUT2D eigenvalue weighted by Gasteiger charge is 2.25. The van der Waals surface area contributed by atoms with Gasteiger partial charge in [-0.05, 0) is 46.3 Å². The van der Waals surface area contributed by atoms with Gasteiger partial charge in [-0.3, -0.25) is 4.79 Å². The summed E-state index contributed by atoms with van der Waals surface area (Å²) >= 11 is 3.27. The van der Waals surface area contributed by atoms with E-state index in [1.165, 1.54) is 31.1 Å². The Labute approximate surface area is 114 Å². The monoisotopic (exact) mass is 304 g/mol. The van der Waals surface area contributed by atoms with Crippen LogP contribution < -0.4 is 0 Å². The second-order valence-corrected chi connectivity index (χ2v) is 5.37. The maximum Gasteiger partial charge on any atom is 0.197 e. The van der Waals surface area contributed by atoms with Crippen LogP contribution >= 0.6 is 15.9 Å². The Balaban J connectivity index is 2.01. The summed E-state index contributed by atoms with van der Waals surface area (Å²) in [4.78, 5) is 12.5. The first-order valence-electron chi connectivity index (χ1n) is 6.14. The summed E-state index contributed by atoms with van der Waals surface area (Å²) in [6.07, 6.45) is 5.18. The maximum absolute atomic E-state index is 12.5. The Morgan fingerprint density at radius 1 is 1.17 bits per heavy atom. The number of carbonyl (C=O) groups is 1. The first kappa shape index (κ1) is 11.7. The number of hydrogen-bond acceptors (Lipinski definition) is 2. The van der Waals surface area contributed by atoms with Crippen molar-refractivity contribution in [2.24, 2.45) is 0 Å². The fraction of sp³-hybridized carbons (Fsp3) is 0.267. The van der Waals surface area contributed by atoms with E-state index in [0.29, 0.717) is 16.2 Å². The molecule has 3 rings (SSSR count). The van der Waals surface area contributed by atoms with Crippen LogP contribution in [0.5, 0.6) is 0 Å². The number of benzene rings is 1. The molecule has 0 aliphatic heterocycles. The molecular weight excluding hydrogens is 292 g/mol. The third kappa shape index (κ3) is 1.93. The van der Waals surface area contributed by atoms with Crippen molar-refractivity contribution in [3.63, 3.8) is 0 Å². The van der Waals surface area contributed by atoms with E-state index in [1.807, 2.05) is 18.2 Å². The van der Waals surface area contributed by atoms with E-state index in [1.54, 1.807) is 6.07 Å². The van der Waals surface area contributed by atoms with Gasteiger partial charge in [0.25, 0.3) is 0 Å². The highest BCUT2D eigenvalue weighted by Crippen LogP contribution is 2.38. The standard InChI is InChI=1S/C15H13BrO2/c16-15-13(8-9-18-15)14(17)12-7-2-1-6-11(12)10-4-3-5-10/h1-2,6-10H,3-5H2. The van der Waals surface area contributed by atoms with Gasteiger partial charge in [0.1, 0.15) is 0 Å². The van der Waals surface area contributed by atoms with Gasteiger partial charge in [-0.1, -0.05) is 30.7 Å². The van der Waals surface area contributed by atoms with Gasteiger partial charge in [0.15, 0.2) is 10.5 Å². The normalized spacial score (nSPS) is 15.4. The molecule has 0 saturated heterocycles. The molecule has 3 heteroatoms. The average Bonchev–Trinajstić information content (AvgIpc) is 2.73. The lowest BCUT2D eigenvalue weighted by atomic mass is 9.77. The maximum atomic E-state index is 12.5. The van der Waals surface area contributed by atoms with E-state index in [0.717, 1.165) is 5.56 Å². The SMILES string of the molecule is O=C(c1ccccc1C1CCC1)c1ccoc1Br. The van der Waals surface area contributed by atoms with Crippen LogP contribution in [0.1, 0.15) is 46.7 Å². The van der Waals surface area contributed by atoms with Crippen molar-refractivity contribution in [3.8, 4) is 0 Å². The van der Waals surface area contributed by atoms with E-state index in [9.17, 15) is 4.79 Å². The van der Waals surface area contributed by atoms with Gasteiger partial charge in [-0.15, -0.1) is 0 Å². The van der Waals surface area contributed by atoms with Crippen molar-refractivity contribution >= 4 is 21.7 Å². The van der Waals surface area contributed by atoms with Gasteiger partial charge < -0.3 is 4.42 Å². The first-order chi connectivity index (χ1) is 8.77. The Hall–Kier alpha value is -1.35. The molecule has 0 atom stereocenters. The molecule has 0 amide bonds. The summed E-state index contributed by atoms with van der Waals surface area (Å²) in [5.41, 5.74) is 2.59. The van der Waals surface area contributed by atoms with Gasteiger partial charge in [-0.25, -0.2) is 0 Å². The Bertz CT molecular complexity index is 582. The number of hydrogen-bond donors (Lipinski definition) is 0. The molecule has 1 aliphatic rings. The Kier molecular flexibility index (Phi) is 3.08. The molecule has 2 nitrogen and oxygen atoms in total. The van der Waals surface area contributed by atoms with Crippen molar-refractivity contribution < 1.29 is 9.21 Å². The lowest BCUT2D eigenvalue weighted by Crippen LogP contribution is -2.14. The molecule has 1 aromatic heterocycles. The predicted molar refractivity (Wildman–Crippen MR) is 72.9 cm³/mol. The minimum atomic E-state index is 0.0399. The molecule has 0 unspecified atom stereocenters. The molecule has 1 fully saturated rings. The van der Waals surface area contributed by atoms with Crippen LogP contribution in [0.15, 0.2) is 45.7 Å². The van der Waals surface area contributed by atoms with Crippen LogP contribution in [0.4, 0.5) is 0 Å². The van der Waals surface area contributed by atoms with E-state index in [2.05, 4.69) is 22.0 Å². The largest absolute Gasteiger partial charge is 0.457 e. The second-order valence-electron chi connectivity index (χ2n) is 4.65. The minimum Gasteiger partial charge on any atom is -0.457 e. The topological polar surface area (TPSA) is 30.2 Å². The number of rotatable bonds is 3. The predicted octanol–water partition coefficient (Wildman–Crippen LogP) is 4.54. The number of carbonyl (C=O) groups excluding carboxylic acids is 1. The molecule has 0 spiro atoms. The van der Waals surface area contributed by atoms with Crippen LogP contribution in [0, 0.1) is 0 Å². The highest BCUT2D eigenvalue weighted by molar-refractivity contribution is 9.10. The summed E-state index contributed by atoms with van der Waals surface area (Å²) in [6, 6.07) is 9.63. The van der Waals surface area contributed by atoms with Crippen molar-refractivity contribution in [2.45, 2.75) is 25.2 Å². The zero-order valence-electron chi connectivity index (χ0n) is 9.86. The zero-order chi connectivity index (χ0) is 12.5. The molecule has 18 heavy (non-hydrogen) atoms. The van der Waals surface area contributed by atoms with Crippen LogP contribution in [0.25, 0.3) is 0 Å². The van der Waals surface area contributed by atoms with E-state index in [4.69, 9.17) is 4.42 Å². The lowest BCUT2D eigenvalue weighted by molar-refractivity contribution is 0.103. The Morgan fingerprint density at radius 2 is 1.94 bits per heavy atom. The van der Waals surface area contributed by atoms with Gasteiger partial charge in [0.05, 0.1) is 11.8 Å². The molecule has 1 aliphatic carbocycles. The van der Waals surface area contributed by atoms with Gasteiger partial charge in [0, 0.05) is 5.56 Å². The van der Waals surface area contributed by atoms with Crippen LogP contribution in [-0.2, 0) is 0 Å². The molecule has 0 N–H and O–H groups in total. The number of halogens is 1. The van der Waals surface area contributed by atoms with Gasteiger partial charge >= 0.3 is 0 Å². The Morgan fingerprint density at radius 3 is 2.56 bits per heavy atom. The molecule has 1 saturated carbocycles. The average molecular weight is 305 g/mol. The lowest BCUT2D eigenvalue weighted by Gasteiger charge is -2.27. The molecule has 0 bridgehead atoms. The molecule has 0 radical (unpaired) electrons. The third-order valence-electron chi connectivity index (χ3n) is 3.61. The van der Waals surface area contributed by atoms with E-state index in [-0.39, 0.29) is 5.78 Å². The van der Waals surface area contributed by atoms with Crippen LogP contribution in [0.3, 0.4) is 0 Å².